The molecule has 1 unspecified atom stereocenters. The van der Waals surface area contributed by atoms with Crippen molar-refractivity contribution in [2.75, 3.05) is 26.2 Å². The molecule has 1 aliphatic heterocycles. The standard InChI is InChI=1S/C7H12N2O3S/c1-2-7(10)8-3-5-9(6-4-8)13(11)12/h2H,1,3-6H2,(H,11,12). The Kier molecular flexibility index (Phi) is 3.58. The molecule has 13 heavy (non-hydrogen) atoms. The van der Waals surface area contributed by atoms with Gasteiger partial charge in [-0.1, -0.05) is 6.58 Å². The van der Waals surface area contributed by atoms with Crippen molar-refractivity contribution in [3.63, 3.8) is 0 Å². The van der Waals surface area contributed by atoms with Crippen LogP contribution in [0, 0.1) is 0 Å². The van der Waals surface area contributed by atoms with E-state index in [0.29, 0.717) is 26.2 Å². The zero-order valence-corrected chi connectivity index (χ0v) is 8.00. The van der Waals surface area contributed by atoms with Gasteiger partial charge in [-0.2, -0.15) is 4.31 Å². The van der Waals surface area contributed by atoms with Gasteiger partial charge in [0.2, 0.25) is 17.2 Å². The molecule has 0 saturated carbocycles. The van der Waals surface area contributed by atoms with Crippen LogP contribution >= 0.6 is 0 Å². The minimum Gasteiger partial charge on any atom is -0.337 e. The van der Waals surface area contributed by atoms with Gasteiger partial charge in [0, 0.05) is 26.2 Å². The molecule has 6 heteroatoms. The third-order valence-corrected chi connectivity index (χ3v) is 2.75. The number of carbonyl (C=O) groups excluding carboxylic acids is 1. The highest BCUT2D eigenvalue weighted by atomic mass is 32.2. The predicted octanol–water partition coefficient (Wildman–Crippen LogP) is -0.547. The average Bonchev–Trinajstić information content (AvgIpc) is 2.17. The van der Waals surface area contributed by atoms with E-state index in [0.717, 1.165) is 0 Å². The molecule has 0 aromatic heterocycles. The molecule has 1 aliphatic rings. The fraction of sp³-hybridized carbons (Fsp3) is 0.571. The number of hydrogen-bond donors (Lipinski definition) is 1. The maximum Gasteiger partial charge on any atom is 0.246 e. The number of amides is 1. The van der Waals surface area contributed by atoms with E-state index in [1.54, 1.807) is 4.90 Å². The molecule has 1 heterocycles. The second-order valence-corrected chi connectivity index (χ2v) is 3.67. The molecule has 1 saturated heterocycles. The number of carbonyl (C=O) groups is 1. The van der Waals surface area contributed by atoms with Crippen molar-refractivity contribution in [3.8, 4) is 0 Å². The second-order valence-electron chi connectivity index (χ2n) is 2.69. The van der Waals surface area contributed by atoms with Gasteiger partial charge in [0.25, 0.3) is 0 Å². The van der Waals surface area contributed by atoms with Crippen LogP contribution < -0.4 is 0 Å². The summed E-state index contributed by atoms with van der Waals surface area (Å²) in [5.41, 5.74) is 0. The maximum absolute atomic E-state index is 11.1. The summed E-state index contributed by atoms with van der Waals surface area (Å²) in [4.78, 5) is 12.7. The molecule has 1 amide bonds. The van der Waals surface area contributed by atoms with Crippen LogP contribution in [-0.4, -0.2) is 50.1 Å². The monoisotopic (exact) mass is 204 g/mol. The lowest BCUT2D eigenvalue weighted by molar-refractivity contribution is -0.127. The maximum atomic E-state index is 11.1. The Hall–Kier alpha value is -0.720. The van der Waals surface area contributed by atoms with Crippen LogP contribution in [0.1, 0.15) is 0 Å². The van der Waals surface area contributed by atoms with Crippen LogP contribution in [0.5, 0.6) is 0 Å². The molecule has 1 N–H and O–H groups in total. The minimum atomic E-state index is -1.91. The third kappa shape index (κ3) is 2.61. The summed E-state index contributed by atoms with van der Waals surface area (Å²) >= 11 is -1.91. The van der Waals surface area contributed by atoms with E-state index < -0.39 is 11.3 Å². The Morgan fingerprint density at radius 1 is 1.38 bits per heavy atom. The SMILES string of the molecule is C=CC(=O)N1CCN(S(=O)O)CC1. The Balaban J connectivity index is 2.43. The molecule has 0 aromatic carbocycles. The molecule has 0 radical (unpaired) electrons. The smallest absolute Gasteiger partial charge is 0.246 e. The quantitative estimate of drug-likeness (QED) is 0.485. The van der Waals surface area contributed by atoms with Gasteiger partial charge in [0.1, 0.15) is 0 Å². The lowest BCUT2D eigenvalue weighted by Gasteiger charge is -2.31. The number of nitrogens with zero attached hydrogens (tertiary/aromatic N) is 2. The average molecular weight is 204 g/mol. The van der Waals surface area contributed by atoms with Gasteiger partial charge in [-0.25, -0.2) is 4.21 Å². The van der Waals surface area contributed by atoms with E-state index in [4.69, 9.17) is 4.55 Å². The molecular formula is C7H12N2O3S. The molecule has 74 valence electrons. The summed E-state index contributed by atoms with van der Waals surface area (Å²) < 4.78 is 20.8. The highest BCUT2D eigenvalue weighted by Gasteiger charge is 2.21. The lowest BCUT2D eigenvalue weighted by Crippen LogP contribution is -2.48. The van der Waals surface area contributed by atoms with E-state index >= 15 is 0 Å². The molecular weight excluding hydrogens is 192 g/mol. The Morgan fingerprint density at radius 2 is 1.92 bits per heavy atom. The van der Waals surface area contributed by atoms with Gasteiger partial charge in [-0.3, -0.25) is 9.35 Å². The van der Waals surface area contributed by atoms with Gasteiger partial charge in [-0.05, 0) is 6.08 Å². The first-order chi connectivity index (χ1) is 6.15. The molecule has 1 atom stereocenters. The highest BCUT2D eigenvalue weighted by Crippen LogP contribution is 2.03. The van der Waals surface area contributed by atoms with E-state index in [1.165, 1.54) is 10.4 Å². The first-order valence-electron chi connectivity index (χ1n) is 3.92. The molecule has 0 bridgehead atoms. The number of rotatable bonds is 2. The van der Waals surface area contributed by atoms with Crippen molar-refractivity contribution < 1.29 is 13.6 Å². The summed E-state index contributed by atoms with van der Waals surface area (Å²) in [7, 11) is 0. The second kappa shape index (κ2) is 4.50. The van der Waals surface area contributed by atoms with E-state index in [-0.39, 0.29) is 5.91 Å². The van der Waals surface area contributed by atoms with Gasteiger partial charge in [-0.15, -0.1) is 0 Å². The molecule has 0 aromatic rings. The first-order valence-corrected chi connectivity index (χ1v) is 4.99. The van der Waals surface area contributed by atoms with Gasteiger partial charge in [0.15, 0.2) is 0 Å². The number of hydrogen-bond acceptors (Lipinski definition) is 2. The fourth-order valence-corrected chi connectivity index (χ4v) is 1.67. The Labute approximate surface area is 79.4 Å². The van der Waals surface area contributed by atoms with Crippen LogP contribution in [0.25, 0.3) is 0 Å². The van der Waals surface area contributed by atoms with Crippen LogP contribution in [0.3, 0.4) is 0 Å². The molecule has 1 rings (SSSR count). The predicted molar refractivity (Wildman–Crippen MR) is 49.1 cm³/mol. The topological polar surface area (TPSA) is 60.9 Å². The van der Waals surface area contributed by atoms with Crippen molar-refractivity contribution in [1.29, 1.82) is 0 Å². The normalized spacial score (nSPS) is 21.2. The lowest BCUT2D eigenvalue weighted by atomic mass is 10.3. The molecule has 0 aliphatic carbocycles. The summed E-state index contributed by atoms with van der Waals surface area (Å²) in [6, 6.07) is 0. The largest absolute Gasteiger partial charge is 0.337 e. The van der Waals surface area contributed by atoms with Crippen molar-refractivity contribution >= 4 is 17.2 Å². The van der Waals surface area contributed by atoms with E-state index in [1.807, 2.05) is 0 Å². The summed E-state index contributed by atoms with van der Waals surface area (Å²) in [6.07, 6.45) is 1.26. The summed E-state index contributed by atoms with van der Waals surface area (Å²) in [6.45, 7) is 5.21. The van der Waals surface area contributed by atoms with Crippen LogP contribution in [-0.2, 0) is 16.1 Å². The Morgan fingerprint density at radius 3 is 2.31 bits per heavy atom. The molecule has 1 fully saturated rings. The van der Waals surface area contributed by atoms with Crippen molar-refractivity contribution in [1.82, 2.24) is 9.21 Å². The Bertz CT molecular complexity index is 236. The number of piperazine rings is 1. The fourth-order valence-electron chi connectivity index (χ4n) is 1.19. The van der Waals surface area contributed by atoms with Gasteiger partial charge in [0.05, 0.1) is 0 Å². The van der Waals surface area contributed by atoms with Gasteiger partial charge >= 0.3 is 0 Å². The first kappa shape index (κ1) is 10.4. The van der Waals surface area contributed by atoms with Gasteiger partial charge < -0.3 is 4.90 Å². The van der Waals surface area contributed by atoms with Crippen LogP contribution in [0.15, 0.2) is 12.7 Å². The zero-order chi connectivity index (χ0) is 9.84. The molecule has 5 nitrogen and oxygen atoms in total. The van der Waals surface area contributed by atoms with Crippen molar-refractivity contribution in [2.24, 2.45) is 0 Å². The van der Waals surface area contributed by atoms with Crippen molar-refractivity contribution in [3.05, 3.63) is 12.7 Å². The minimum absolute atomic E-state index is 0.122. The third-order valence-electron chi connectivity index (χ3n) is 1.95. The zero-order valence-electron chi connectivity index (χ0n) is 7.18. The van der Waals surface area contributed by atoms with Crippen LogP contribution in [0.2, 0.25) is 0 Å². The van der Waals surface area contributed by atoms with E-state index in [2.05, 4.69) is 6.58 Å². The highest BCUT2D eigenvalue weighted by molar-refractivity contribution is 7.76. The van der Waals surface area contributed by atoms with E-state index in [9.17, 15) is 9.00 Å². The summed E-state index contributed by atoms with van der Waals surface area (Å²) in [5.74, 6) is -0.122. The molecule has 0 spiro atoms. The summed E-state index contributed by atoms with van der Waals surface area (Å²) in [5, 5.41) is 0. The van der Waals surface area contributed by atoms with Crippen LogP contribution in [0.4, 0.5) is 0 Å². The van der Waals surface area contributed by atoms with Crippen molar-refractivity contribution in [2.45, 2.75) is 0 Å².